The summed E-state index contributed by atoms with van der Waals surface area (Å²) in [6.45, 7) is 2.91. The zero-order valence-electron chi connectivity index (χ0n) is 10.7. The van der Waals surface area contributed by atoms with Gasteiger partial charge in [-0.1, -0.05) is 0 Å². The number of carboxylic acids is 1. The summed E-state index contributed by atoms with van der Waals surface area (Å²) in [5.74, 6) is 2.40. The molecule has 17 heavy (non-hydrogen) atoms. The Kier molecular flexibility index (Phi) is 3.28. The number of carboxylic acid groups (broad SMARTS) is 1. The maximum atomic E-state index is 11.7. The third kappa shape index (κ3) is 2.53. The maximum Gasteiger partial charge on any atom is 0.300 e. The highest BCUT2D eigenvalue weighted by Crippen LogP contribution is 2.60. The molecule has 4 bridgehead atoms. The molecule has 0 spiro atoms. The summed E-state index contributed by atoms with van der Waals surface area (Å²) >= 11 is 0. The molecule has 0 radical (unpaired) electrons. The molecule has 0 atom stereocenters. The molecule has 3 heteroatoms. The Morgan fingerprint density at radius 3 is 1.47 bits per heavy atom. The SMILES string of the molecule is CC(=O)C12CC3CC(CC(C3)C1)C2.CC(=O)O. The van der Waals surface area contributed by atoms with Gasteiger partial charge in [-0.25, -0.2) is 0 Å². The van der Waals surface area contributed by atoms with Crippen molar-refractivity contribution in [1.82, 2.24) is 0 Å². The lowest BCUT2D eigenvalue weighted by Crippen LogP contribution is -2.49. The van der Waals surface area contributed by atoms with Gasteiger partial charge in [0, 0.05) is 12.3 Å². The Morgan fingerprint density at radius 1 is 0.941 bits per heavy atom. The van der Waals surface area contributed by atoms with Crippen molar-refractivity contribution in [2.75, 3.05) is 0 Å². The van der Waals surface area contributed by atoms with Gasteiger partial charge in [0.1, 0.15) is 5.78 Å². The van der Waals surface area contributed by atoms with Crippen molar-refractivity contribution in [1.29, 1.82) is 0 Å². The van der Waals surface area contributed by atoms with Crippen LogP contribution in [-0.4, -0.2) is 16.9 Å². The van der Waals surface area contributed by atoms with E-state index in [4.69, 9.17) is 9.90 Å². The number of aliphatic carboxylic acids is 1. The van der Waals surface area contributed by atoms with Crippen molar-refractivity contribution in [2.45, 2.75) is 52.4 Å². The monoisotopic (exact) mass is 238 g/mol. The third-order valence-corrected chi connectivity index (χ3v) is 4.79. The van der Waals surface area contributed by atoms with Crippen LogP contribution >= 0.6 is 0 Å². The normalized spacial score (nSPS) is 41.6. The van der Waals surface area contributed by atoms with E-state index in [2.05, 4.69) is 0 Å². The molecule has 0 aromatic carbocycles. The molecule has 96 valence electrons. The first-order valence-corrected chi connectivity index (χ1v) is 6.62. The van der Waals surface area contributed by atoms with Gasteiger partial charge in [-0.2, -0.15) is 0 Å². The van der Waals surface area contributed by atoms with Crippen molar-refractivity contribution in [2.24, 2.45) is 23.2 Å². The zero-order chi connectivity index (χ0) is 12.6. The highest BCUT2D eigenvalue weighted by Gasteiger charge is 2.52. The van der Waals surface area contributed by atoms with Crippen LogP contribution in [0, 0.1) is 23.2 Å². The Hall–Kier alpha value is -0.860. The summed E-state index contributed by atoms with van der Waals surface area (Å²) in [6, 6.07) is 0. The minimum atomic E-state index is -0.833. The number of rotatable bonds is 1. The van der Waals surface area contributed by atoms with Crippen LogP contribution < -0.4 is 0 Å². The lowest BCUT2D eigenvalue weighted by molar-refractivity contribution is -0.141. The van der Waals surface area contributed by atoms with Crippen LogP contribution in [-0.2, 0) is 9.59 Å². The van der Waals surface area contributed by atoms with E-state index in [1.807, 2.05) is 6.92 Å². The van der Waals surface area contributed by atoms with Crippen LogP contribution in [0.15, 0.2) is 0 Å². The number of Topliss-reactive ketones (excluding diaryl/α,β-unsaturated/α-hetero) is 1. The van der Waals surface area contributed by atoms with Gasteiger partial charge in [-0.3, -0.25) is 9.59 Å². The number of ketones is 1. The van der Waals surface area contributed by atoms with Gasteiger partial charge >= 0.3 is 0 Å². The van der Waals surface area contributed by atoms with Crippen LogP contribution in [0.3, 0.4) is 0 Å². The van der Waals surface area contributed by atoms with Crippen molar-refractivity contribution >= 4 is 11.8 Å². The van der Waals surface area contributed by atoms with Crippen LogP contribution in [0.2, 0.25) is 0 Å². The Labute approximate surface area is 103 Å². The van der Waals surface area contributed by atoms with E-state index in [0.717, 1.165) is 24.7 Å². The van der Waals surface area contributed by atoms with Crippen LogP contribution in [0.4, 0.5) is 0 Å². The zero-order valence-corrected chi connectivity index (χ0v) is 10.7. The molecule has 4 aliphatic carbocycles. The summed E-state index contributed by atoms with van der Waals surface area (Å²) in [7, 11) is 0. The summed E-state index contributed by atoms with van der Waals surface area (Å²) in [4.78, 5) is 20.7. The largest absolute Gasteiger partial charge is 0.481 e. The van der Waals surface area contributed by atoms with E-state index >= 15 is 0 Å². The fourth-order valence-electron chi connectivity index (χ4n) is 4.54. The highest BCUT2D eigenvalue weighted by atomic mass is 16.4. The van der Waals surface area contributed by atoms with E-state index in [-0.39, 0.29) is 5.41 Å². The standard InChI is InChI=1S/C12H18O.C2H4O2/c1-8(13)12-5-9-2-10(6-12)4-11(3-9)7-12;1-2(3)4/h9-11H,2-7H2,1H3;1H3,(H,3,4). The van der Waals surface area contributed by atoms with E-state index in [9.17, 15) is 4.79 Å². The second-order valence-electron chi connectivity index (χ2n) is 6.27. The van der Waals surface area contributed by atoms with Gasteiger partial charge in [0.15, 0.2) is 0 Å². The minimum absolute atomic E-state index is 0.161. The molecule has 4 saturated carbocycles. The number of hydrogen-bond acceptors (Lipinski definition) is 2. The molecule has 4 fully saturated rings. The molecule has 0 aliphatic heterocycles. The predicted octanol–water partition coefficient (Wildman–Crippen LogP) is 2.88. The minimum Gasteiger partial charge on any atom is -0.481 e. The lowest BCUT2D eigenvalue weighted by Gasteiger charge is -2.55. The fourth-order valence-corrected chi connectivity index (χ4v) is 4.54. The highest BCUT2D eigenvalue weighted by molar-refractivity contribution is 5.82. The van der Waals surface area contributed by atoms with E-state index in [1.54, 1.807) is 0 Å². The molecule has 4 rings (SSSR count). The molecule has 0 aromatic rings. The molecular weight excluding hydrogens is 216 g/mol. The van der Waals surface area contributed by atoms with Gasteiger partial charge in [0.05, 0.1) is 0 Å². The second kappa shape index (κ2) is 4.43. The van der Waals surface area contributed by atoms with Gasteiger partial charge in [-0.05, 0) is 63.2 Å². The lowest BCUT2D eigenvalue weighted by atomic mass is 9.48. The van der Waals surface area contributed by atoms with Crippen LogP contribution in [0.5, 0.6) is 0 Å². The van der Waals surface area contributed by atoms with E-state index < -0.39 is 5.97 Å². The number of carbonyl (C=O) groups excluding carboxylic acids is 1. The van der Waals surface area contributed by atoms with Crippen molar-refractivity contribution in [3.05, 3.63) is 0 Å². The quantitative estimate of drug-likeness (QED) is 0.764. The average molecular weight is 238 g/mol. The first kappa shape index (κ1) is 12.6. The third-order valence-electron chi connectivity index (χ3n) is 4.79. The van der Waals surface area contributed by atoms with Crippen molar-refractivity contribution in [3.63, 3.8) is 0 Å². The Bertz CT molecular complexity index is 293. The van der Waals surface area contributed by atoms with Crippen molar-refractivity contribution < 1.29 is 14.7 Å². The molecule has 3 nitrogen and oxygen atoms in total. The summed E-state index contributed by atoms with van der Waals surface area (Å²) in [6.07, 6.45) is 8.00. The van der Waals surface area contributed by atoms with Crippen molar-refractivity contribution in [3.8, 4) is 0 Å². The molecule has 0 unspecified atom stereocenters. The van der Waals surface area contributed by atoms with Gasteiger partial charge in [0.2, 0.25) is 0 Å². The smallest absolute Gasteiger partial charge is 0.300 e. The van der Waals surface area contributed by atoms with Gasteiger partial charge in [-0.15, -0.1) is 0 Å². The average Bonchev–Trinajstić information content (AvgIpc) is 2.13. The van der Waals surface area contributed by atoms with Gasteiger partial charge in [0.25, 0.3) is 5.97 Å². The Balaban J connectivity index is 0.000000239. The maximum absolute atomic E-state index is 11.7. The van der Waals surface area contributed by atoms with Crippen LogP contribution in [0.25, 0.3) is 0 Å². The topological polar surface area (TPSA) is 54.4 Å². The summed E-state index contributed by atoms with van der Waals surface area (Å²) < 4.78 is 0. The van der Waals surface area contributed by atoms with Gasteiger partial charge < -0.3 is 5.11 Å². The molecule has 1 N–H and O–H groups in total. The molecule has 4 aliphatic rings. The predicted molar refractivity (Wildman–Crippen MR) is 64.6 cm³/mol. The summed E-state index contributed by atoms with van der Waals surface area (Å²) in [5.41, 5.74) is 0.161. The fraction of sp³-hybridized carbons (Fsp3) is 0.857. The first-order valence-electron chi connectivity index (χ1n) is 6.62. The molecular formula is C14H22O3. The molecule has 0 amide bonds. The van der Waals surface area contributed by atoms with E-state index in [0.29, 0.717) is 5.78 Å². The number of hydrogen-bond donors (Lipinski definition) is 1. The Morgan fingerprint density at radius 2 is 1.24 bits per heavy atom. The first-order chi connectivity index (χ1) is 7.91. The second-order valence-corrected chi connectivity index (χ2v) is 6.27. The molecule has 0 aromatic heterocycles. The number of carbonyl (C=O) groups is 2. The summed E-state index contributed by atoms with van der Waals surface area (Å²) in [5, 5.41) is 7.42. The van der Waals surface area contributed by atoms with Crippen LogP contribution in [0.1, 0.15) is 52.4 Å². The molecule has 0 saturated heterocycles. The molecule has 0 heterocycles. The van der Waals surface area contributed by atoms with E-state index in [1.165, 1.54) is 38.5 Å².